The first-order valence-electron chi connectivity index (χ1n) is 5.54. The number of rotatable bonds is 2. The molecule has 0 saturated heterocycles. The summed E-state index contributed by atoms with van der Waals surface area (Å²) in [4.78, 5) is 0. The van der Waals surface area contributed by atoms with Crippen LogP contribution in [0.1, 0.15) is 18.2 Å². The first kappa shape index (κ1) is 12.3. The second-order valence-corrected chi connectivity index (χ2v) is 4.82. The van der Waals surface area contributed by atoms with Gasteiger partial charge in [-0.15, -0.1) is 0 Å². The van der Waals surface area contributed by atoms with E-state index in [1.807, 2.05) is 24.6 Å². The van der Waals surface area contributed by atoms with Crippen molar-refractivity contribution < 1.29 is 4.39 Å². The lowest BCUT2D eigenvalue weighted by Crippen LogP contribution is -1.98. The molecule has 2 aromatic rings. The highest BCUT2D eigenvalue weighted by molar-refractivity contribution is 9.10. The van der Waals surface area contributed by atoms with E-state index in [-0.39, 0.29) is 5.82 Å². The van der Waals surface area contributed by atoms with Crippen molar-refractivity contribution >= 4 is 15.9 Å². The summed E-state index contributed by atoms with van der Waals surface area (Å²) in [7, 11) is 0. The summed E-state index contributed by atoms with van der Waals surface area (Å²) < 4.78 is 16.4. The van der Waals surface area contributed by atoms with Gasteiger partial charge in [0.25, 0.3) is 0 Å². The van der Waals surface area contributed by atoms with Crippen LogP contribution in [-0.2, 0) is 6.54 Å². The molecule has 0 atom stereocenters. The van der Waals surface area contributed by atoms with Gasteiger partial charge < -0.3 is 0 Å². The lowest BCUT2D eigenvalue weighted by atomic mass is 10.1. The molecule has 1 aromatic heterocycles. The summed E-state index contributed by atoms with van der Waals surface area (Å²) in [6.45, 7) is 6.59. The third-order valence-corrected chi connectivity index (χ3v) is 3.83. The van der Waals surface area contributed by atoms with Gasteiger partial charge in [0.05, 0.1) is 10.2 Å². The standard InChI is InChI=1S/C13H14BrFN2/c1-4-17-9(3)12(14)13(16-17)10-6-5-8(2)11(15)7-10/h5-7H,4H2,1-3H3. The SMILES string of the molecule is CCn1nc(-c2ccc(C)c(F)c2)c(Br)c1C. The van der Waals surface area contributed by atoms with E-state index in [1.54, 1.807) is 13.0 Å². The van der Waals surface area contributed by atoms with Crippen LogP contribution in [0.15, 0.2) is 22.7 Å². The van der Waals surface area contributed by atoms with Gasteiger partial charge in [-0.2, -0.15) is 5.10 Å². The zero-order valence-electron chi connectivity index (χ0n) is 10.1. The van der Waals surface area contributed by atoms with Crippen LogP contribution in [0.5, 0.6) is 0 Å². The molecule has 0 fully saturated rings. The maximum atomic E-state index is 13.5. The highest BCUT2D eigenvalue weighted by Crippen LogP contribution is 2.30. The second kappa shape index (κ2) is 4.61. The van der Waals surface area contributed by atoms with Gasteiger partial charge in [-0.1, -0.05) is 12.1 Å². The molecule has 0 aliphatic heterocycles. The highest BCUT2D eigenvalue weighted by atomic mass is 79.9. The van der Waals surface area contributed by atoms with Crippen LogP contribution >= 0.6 is 15.9 Å². The molecule has 0 aliphatic rings. The van der Waals surface area contributed by atoms with Gasteiger partial charge >= 0.3 is 0 Å². The second-order valence-electron chi connectivity index (χ2n) is 4.03. The van der Waals surface area contributed by atoms with Crippen molar-refractivity contribution in [2.45, 2.75) is 27.3 Å². The number of nitrogens with zero attached hydrogens (tertiary/aromatic N) is 2. The molecule has 2 nitrogen and oxygen atoms in total. The van der Waals surface area contributed by atoms with Crippen molar-refractivity contribution in [1.82, 2.24) is 9.78 Å². The Bertz CT molecular complexity index is 561. The minimum Gasteiger partial charge on any atom is -0.268 e. The van der Waals surface area contributed by atoms with Crippen molar-refractivity contribution in [3.8, 4) is 11.3 Å². The molecule has 2 rings (SSSR count). The highest BCUT2D eigenvalue weighted by Gasteiger charge is 2.14. The predicted molar refractivity (Wildman–Crippen MR) is 70.5 cm³/mol. The van der Waals surface area contributed by atoms with Crippen LogP contribution < -0.4 is 0 Å². The van der Waals surface area contributed by atoms with Crippen molar-refractivity contribution in [2.24, 2.45) is 0 Å². The first-order chi connectivity index (χ1) is 8.04. The average Bonchev–Trinajstić information content (AvgIpc) is 2.60. The lowest BCUT2D eigenvalue weighted by Gasteiger charge is -2.00. The fourth-order valence-electron chi connectivity index (χ4n) is 1.76. The Morgan fingerprint density at radius 3 is 2.59 bits per heavy atom. The molecule has 4 heteroatoms. The Morgan fingerprint density at radius 1 is 1.35 bits per heavy atom. The van der Waals surface area contributed by atoms with Crippen LogP contribution in [0.2, 0.25) is 0 Å². The Hall–Kier alpha value is -1.16. The van der Waals surface area contributed by atoms with Crippen LogP contribution in [0.25, 0.3) is 11.3 Å². The van der Waals surface area contributed by atoms with Gasteiger partial charge in [-0.3, -0.25) is 4.68 Å². The van der Waals surface area contributed by atoms with Gasteiger partial charge in [-0.25, -0.2) is 4.39 Å². The molecule has 90 valence electrons. The van der Waals surface area contributed by atoms with E-state index in [9.17, 15) is 4.39 Å². The average molecular weight is 297 g/mol. The number of benzene rings is 1. The number of aromatic nitrogens is 2. The fraction of sp³-hybridized carbons (Fsp3) is 0.308. The zero-order chi connectivity index (χ0) is 12.6. The first-order valence-corrected chi connectivity index (χ1v) is 6.33. The molecule has 1 aromatic carbocycles. The molecule has 0 bridgehead atoms. The van der Waals surface area contributed by atoms with Crippen LogP contribution in [-0.4, -0.2) is 9.78 Å². The van der Waals surface area contributed by atoms with Crippen LogP contribution in [0.3, 0.4) is 0 Å². The smallest absolute Gasteiger partial charge is 0.126 e. The third kappa shape index (κ3) is 2.14. The van der Waals surface area contributed by atoms with Crippen LogP contribution in [0.4, 0.5) is 4.39 Å². The van der Waals surface area contributed by atoms with Gasteiger partial charge in [0.2, 0.25) is 0 Å². The number of aryl methyl sites for hydroxylation is 2. The van der Waals surface area contributed by atoms with E-state index < -0.39 is 0 Å². The number of halogens is 2. The topological polar surface area (TPSA) is 17.8 Å². The predicted octanol–water partition coefficient (Wildman–Crippen LogP) is 4.09. The summed E-state index contributed by atoms with van der Waals surface area (Å²) in [5.41, 5.74) is 3.30. The minimum atomic E-state index is -0.196. The van der Waals surface area contributed by atoms with Gasteiger partial charge in [0.1, 0.15) is 11.5 Å². The molecule has 0 unspecified atom stereocenters. The van der Waals surface area contributed by atoms with Gasteiger partial charge in [0, 0.05) is 12.1 Å². The Labute approximate surface area is 109 Å². The fourth-order valence-corrected chi connectivity index (χ4v) is 2.27. The molecule has 17 heavy (non-hydrogen) atoms. The minimum absolute atomic E-state index is 0.196. The maximum Gasteiger partial charge on any atom is 0.126 e. The molecule has 0 radical (unpaired) electrons. The van der Waals surface area contributed by atoms with Gasteiger partial charge in [-0.05, 0) is 48.3 Å². The Kier molecular flexibility index (Phi) is 3.33. The summed E-state index contributed by atoms with van der Waals surface area (Å²) in [5, 5.41) is 4.47. The third-order valence-electron chi connectivity index (χ3n) is 2.88. The van der Waals surface area contributed by atoms with Crippen molar-refractivity contribution in [2.75, 3.05) is 0 Å². The normalized spacial score (nSPS) is 10.9. The lowest BCUT2D eigenvalue weighted by molar-refractivity contribution is 0.618. The number of hydrogen-bond acceptors (Lipinski definition) is 1. The molecule has 0 amide bonds. The van der Waals surface area contributed by atoms with Crippen molar-refractivity contribution in [3.05, 3.63) is 39.7 Å². The van der Waals surface area contributed by atoms with Crippen molar-refractivity contribution in [1.29, 1.82) is 0 Å². The molecule has 1 heterocycles. The van der Waals surface area contributed by atoms with Crippen molar-refractivity contribution in [3.63, 3.8) is 0 Å². The summed E-state index contributed by atoms with van der Waals surface area (Å²) >= 11 is 3.52. The number of hydrogen-bond donors (Lipinski definition) is 0. The summed E-state index contributed by atoms with van der Waals surface area (Å²) in [6, 6.07) is 5.20. The van der Waals surface area contributed by atoms with E-state index in [2.05, 4.69) is 21.0 Å². The monoisotopic (exact) mass is 296 g/mol. The van der Waals surface area contributed by atoms with Gasteiger partial charge in [0.15, 0.2) is 0 Å². The van der Waals surface area contributed by atoms with E-state index in [1.165, 1.54) is 6.07 Å². The zero-order valence-corrected chi connectivity index (χ0v) is 11.7. The van der Waals surface area contributed by atoms with E-state index in [0.29, 0.717) is 5.56 Å². The molecule has 0 N–H and O–H groups in total. The summed E-state index contributed by atoms with van der Waals surface area (Å²) in [5.74, 6) is -0.196. The van der Waals surface area contributed by atoms with E-state index in [0.717, 1.165) is 28.0 Å². The molecular weight excluding hydrogens is 283 g/mol. The Morgan fingerprint density at radius 2 is 2.06 bits per heavy atom. The Balaban J connectivity index is 2.56. The molecule has 0 spiro atoms. The molecule has 0 saturated carbocycles. The van der Waals surface area contributed by atoms with Crippen LogP contribution in [0, 0.1) is 19.7 Å². The van der Waals surface area contributed by atoms with E-state index in [4.69, 9.17) is 0 Å². The largest absolute Gasteiger partial charge is 0.268 e. The maximum absolute atomic E-state index is 13.5. The summed E-state index contributed by atoms with van der Waals surface area (Å²) in [6.07, 6.45) is 0. The van der Waals surface area contributed by atoms with E-state index >= 15 is 0 Å². The quantitative estimate of drug-likeness (QED) is 0.816. The molecule has 0 aliphatic carbocycles. The molecular formula is C13H14BrFN2.